The van der Waals surface area contributed by atoms with Gasteiger partial charge in [-0.3, -0.25) is 9.59 Å². The Hall–Kier alpha value is -4.63. The molecule has 7 nitrogen and oxygen atoms in total. The zero-order valence-electron chi connectivity index (χ0n) is 22.4. The first kappa shape index (κ1) is 30.3. The average molecular weight is 596 g/mol. The molecule has 0 radical (unpaired) electrons. The molecule has 0 aliphatic rings. The molecule has 0 unspecified atom stereocenters. The van der Waals surface area contributed by atoms with Crippen molar-refractivity contribution < 1.29 is 38.1 Å². The van der Waals surface area contributed by atoms with E-state index >= 15 is 0 Å². The van der Waals surface area contributed by atoms with Crippen LogP contribution < -0.4 is 9.47 Å². The quantitative estimate of drug-likeness (QED) is 0.0905. The highest BCUT2D eigenvalue weighted by Crippen LogP contribution is 2.30. The maximum Gasteiger partial charge on any atom is 0.323 e. The second-order valence-electron chi connectivity index (χ2n) is 9.33. The summed E-state index contributed by atoms with van der Waals surface area (Å²) in [6.07, 6.45) is 9.94. The maximum atomic E-state index is 13.7. The number of hydrogen-bond acceptors (Lipinski definition) is 4. The van der Waals surface area contributed by atoms with E-state index in [4.69, 9.17) is 26.2 Å². The van der Waals surface area contributed by atoms with E-state index < -0.39 is 28.6 Å². The average Bonchev–Trinajstić information content (AvgIpc) is 3.30. The van der Waals surface area contributed by atoms with Gasteiger partial charge in [-0.15, -0.1) is 0 Å². The minimum atomic E-state index is -0.967. The van der Waals surface area contributed by atoms with Crippen LogP contribution in [0.1, 0.15) is 29.5 Å². The van der Waals surface area contributed by atoms with Gasteiger partial charge in [0.05, 0.1) is 5.52 Å². The topological polar surface area (TPSA) is 98.0 Å². The van der Waals surface area contributed by atoms with Crippen molar-refractivity contribution in [2.24, 2.45) is 0 Å². The Morgan fingerprint density at radius 3 is 2.31 bits per heavy atom. The Labute approximate surface area is 245 Å². The second-order valence-corrected chi connectivity index (χ2v) is 9.71. The Morgan fingerprint density at radius 1 is 0.881 bits per heavy atom. The molecule has 2 N–H and O–H groups in total. The van der Waals surface area contributed by atoms with Crippen LogP contribution in [0.15, 0.2) is 72.9 Å². The molecule has 0 bridgehead atoms. The van der Waals surface area contributed by atoms with Crippen LogP contribution in [0.2, 0.25) is 5.02 Å². The van der Waals surface area contributed by atoms with E-state index in [1.807, 2.05) is 42.5 Å². The predicted molar refractivity (Wildman–Crippen MR) is 157 cm³/mol. The number of halogens is 3. The number of carboxylic acids is 2. The monoisotopic (exact) mass is 595 g/mol. The first-order chi connectivity index (χ1) is 20.2. The van der Waals surface area contributed by atoms with Gasteiger partial charge in [-0.05, 0) is 65.9 Å². The summed E-state index contributed by atoms with van der Waals surface area (Å²) in [6.45, 7) is 0.0111. The van der Waals surface area contributed by atoms with Gasteiger partial charge in [0.2, 0.25) is 0 Å². The lowest BCUT2D eigenvalue weighted by Crippen LogP contribution is -2.07. The van der Waals surface area contributed by atoms with E-state index in [1.54, 1.807) is 35.0 Å². The fraction of sp³-hybridized carbons (Fsp3) is 0.188. The van der Waals surface area contributed by atoms with E-state index in [1.165, 1.54) is 0 Å². The number of benzene rings is 3. The summed E-state index contributed by atoms with van der Waals surface area (Å²) in [5, 5.41) is 18.9. The Morgan fingerprint density at radius 2 is 1.60 bits per heavy atom. The smallest absolute Gasteiger partial charge is 0.323 e. The van der Waals surface area contributed by atoms with Gasteiger partial charge >= 0.3 is 11.9 Å². The van der Waals surface area contributed by atoms with Crippen LogP contribution in [-0.2, 0) is 22.6 Å². The predicted octanol–water partition coefficient (Wildman–Crippen LogP) is 7.25. The molecule has 0 saturated heterocycles. The summed E-state index contributed by atoms with van der Waals surface area (Å²) in [4.78, 5) is 22.4. The van der Waals surface area contributed by atoms with E-state index in [9.17, 15) is 23.5 Å². The van der Waals surface area contributed by atoms with Crippen molar-refractivity contribution in [2.75, 3.05) is 13.2 Å². The molecular weight excluding hydrogens is 568 g/mol. The molecule has 1 aromatic heterocycles. The fourth-order valence-electron chi connectivity index (χ4n) is 4.41. The van der Waals surface area contributed by atoms with Crippen LogP contribution in [0.4, 0.5) is 8.78 Å². The molecule has 0 fully saturated rings. The SMILES string of the molecule is O=C(O)CCCc1cn(CC(=O)O)c2c(C=Cc3ccc(OC/C=C/COc4c(F)ccc(F)c4Cl)cc3)cccc12. The summed E-state index contributed by atoms with van der Waals surface area (Å²) in [6, 6.07) is 15.0. The molecule has 0 spiro atoms. The van der Waals surface area contributed by atoms with Gasteiger partial charge in [-0.2, -0.15) is 0 Å². The van der Waals surface area contributed by atoms with Crippen molar-refractivity contribution >= 4 is 46.6 Å². The number of para-hydroxylation sites is 1. The summed E-state index contributed by atoms with van der Waals surface area (Å²) in [5.41, 5.74) is 3.43. The number of hydrogen-bond donors (Lipinski definition) is 2. The lowest BCUT2D eigenvalue weighted by Gasteiger charge is -2.07. The van der Waals surface area contributed by atoms with Gasteiger partial charge < -0.3 is 24.3 Å². The number of ether oxygens (including phenoxy) is 2. The molecule has 0 saturated carbocycles. The highest BCUT2D eigenvalue weighted by molar-refractivity contribution is 6.32. The zero-order valence-corrected chi connectivity index (χ0v) is 23.2. The molecule has 1 heterocycles. The highest BCUT2D eigenvalue weighted by atomic mass is 35.5. The zero-order chi connectivity index (χ0) is 30.1. The van der Waals surface area contributed by atoms with Gasteiger partial charge in [-0.1, -0.05) is 54.1 Å². The van der Waals surface area contributed by atoms with Crippen molar-refractivity contribution in [2.45, 2.75) is 25.8 Å². The molecule has 0 amide bonds. The largest absolute Gasteiger partial charge is 0.490 e. The van der Waals surface area contributed by atoms with Crippen molar-refractivity contribution in [1.82, 2.24) is 4.57 Å². The maximum absolute atomic E-state index is 13.7. The lowest BCUT2D eigenvalue weighted by atomic mass is 10.0. The molecule has 42 heavy (non-hydrogen) atoms. The molecule has 4 rings (SSSR count). The van der Waals surface area contributed by atoms with E-state index in [-0.39, 0.29) is 31.9 Å². The minimum absolute atomic E-state index is 0.0143. The summed E-state index contributed by atoms with van der Waals surface area (Å²) in [7, 11) is 0. The van der Waals surface area contributed by atoms with Crippen molar-refractivity contribution in [3.8, 4) is 11.5 Å². The van der Waals surface area contributed by atoms with E-state index in [0.717, 1.165) is 39.7 Å². The Kier molecular flexibility index (Phi) is 10.3. The van der Waals surface area contributed by atoms with Crippen LogP contribution in [-0.4, -0.2) is 39.9 Å². The summed E-state index contributed by atoms with van der Waals surface area (Å²) < 4.78 is 39.8. The summed E-state index contributed by atoms with van der Waals surface area (Å²) >= 11 is 5.73. The molecule has 10 heteroatoms. The van der Waals surface area contributed by atoms with Gasteiger partial charge in [0, 0.05) is 18.0 Å². The van der Waals surface area contributed by atoms with Crippen LogP contribution in [0.5, 0.6) is 11.5 Å². The third-order valence-corrected chi connectivity index (χ3v) is 6.68. The Balaban J connectivity index is 1.37. The third kappa shape index (κ3) is 7.98. The first-order valence-corrected chi connectivity index (χ1v) is 13.5. The standard InChI is InChI=1S/C32H28ClF2NO6/c33-30-26(34)15-16-27(35)32(30)42-18-2-1-17-41-24-13-10-21(11-14-24)9-12-22-5-3-7-25-23(6-4-8-28(37)38)19-36(31(22)25)20-29(39)40/h1-3,5,7,9-16,19H,4,6,8,17-18,20H2,(H,37,38)(H,39,40)/b2-1+,12-9?. The van der Waals surface area contributed by atoms with Crippen LogP contribution in [0.25, 0.3) is 23.1 Å². The molecule has 3 aromatic carbocycles. The number of rotatable bonds is 14. The number of carboxylic acid groups (broad SMARTS) is 2. The van der Waals surface area contributed by atoms with Crippen LogP contribution in [0.3, 0.4) is 0 Å². The van der Waals surface area contributed by atoms with Crippen molar-refractivity contribution in [3.63, 3.8) is 0 Å². The Bertz CT molecular complexity index is 1630. The third-order valence-electron chi connectivity index (χ3n) is 6.33. The first-order valence-electron chi connectivity index (χ1n) is 13.1. The van der Waals surface area contributed by atoms with Crippen molar-refractivity contribution in [1.29, 1.82) is 0 Å². The van der Waals surface area contributed by atoms with Crippen molar-refractivity contribution in [3.05, 3.63) is 106 Å². The molecular formula is C32H28ClF2NO6. The number of aromatic nitrogens is 1. The molecule has 4 aromatic rings. The highest BCUT2D eigenvalue weighted by Gasteiger charge is 2.14. The number of fused-ring (bicyclic) bond motifs is 1. The number of aryl methyl sites for hydroxylation is 1. The lowest BCUT2D eigenvalue weighted by molar-refractivity contribution is -0.138. The molecule has 0 atom stereocenters. The number of aliphatic carboxylic acids is 2. The van der Waals surface area contributed by atoms with Gasteiger partial charge in [0.1, 0.15) is 36.3 Å². The van der Waals surface area contributed by atoms with E-state index in [0.29, 0.717) is 18.6 Å². The van der Waals surface area contributed by atoms with E-state index in [2.05, 4.69) is 0 Å². The van der Waals surface area contributed by atoms with Gasteiger partial charge in [-0.25, -0.2) is 8.78 Å². The number of nitrogens with zero attached hydrogens (tertiary/aromatic N) is 1. The second kappa shape index (κ2) is 14.3. The summed E-state index contributed by atoms with van der Waals surface area (Å²) in [5.74, 6) is -3.05. The van der Waals surface area contributed by atoms with Gasteiger partial charge in [0.25, 0.3) is 0 Å². The normalized spacial score (nSPS) is 11.5. The minimum Gasteiger partial charge on any atom is -0.490 e. The van der Waals surface area contributed by atoms with Gasteiger partial charge in [0.15, 0.2) is 11.6 Å². The van der Waals surface area contributed by atoms with Crippen LogP contribution >= 0.6 is 11.6 Å². The van der Waals surface area contributed by atoms with Crippen LogP contribution in [0, 0.1) is 11.6 Å². The number of carbonyl (C=O) groups is 2. The fourth-order valence-corrected chi connectivity index (χ4v) is 4.62. The molecule has 0 aliphatic carbocycles. The molecule has 0 aliphatic heterocycles. The molecule has 218 valence electrons.